The van der Waals surface area contributed by atoms with Crippen LogP contribution >= 0.6 is 0 Å². The van der Waals surface area contributed by atoms with Crippen LogP contribution in [-0.2, 0) is 9.59 Å². The quantitative estimate of drug-likeness (QED) is 0.702. The molecule has 2 rings (SSSR count). The van der Waals surface area contributed by atoms with Crippen molar-refractivity contribution in [3.8, 4) is 0 Å². The summed E-state index contributed by atoms with van der Waals surface area (Å²) in [6.45, 7) is 3.44. The Hall–Kier alpha value is -2.08. The average Bonchev–Trinajstić information content (AvgIpc) is 3.26. The molecule has 1 amide bonds. The Kier molecular flexibility index (Phi) is 4.80. The van der Waals surface area contributed by atoms with E-state index in [0.29, 0.717) is 18.7 Å². The Labute approximate surface area is 123 Å². The molecule has 1 aliphatic carbocycles. The van der Waals surface area contributed by atoms with Crippen molar-refractivity contribution in [1.82, 2.24) is 0 Å². The van der Waals surface area contributed by atoms with Gasteiger partial charge in [-0.15, -0.1) is 0 Å². The molecule has 0 aliphatic heterocycles. The third-order valence-electron chi connectivity index (χ3n) is 3.70. The van der Waals surface area contributed by atoms with E-state index in [2.05, 4.69) is 5.32 Å². The zero-order valence-corrected chi connectivity index (χ0v) is 12.0. The van der Waals surface area contributed by atoms with Crippen molar-refractivity contribution >= 4 is 23.3 Å². The molecular weight excluding hydrogens is 272 g/mol. The third kappa shape index (κ3) is 3.72. The standard InChI is InChI=1S/C15H20N2O4/c1-2-17(7-8-18)11-5-3-10(4-6-11)16-14(19)12-9-13(12)15(20)21/h3-6,12-13,18H,2,7-9H2,1H3,(H,16,19)(H,20,21)/t12-,13+/m1/s1. The van der Waals surface area contributed by atoms with E-state index in [4.69, 9.17) is 10.2 Å². The van der Waals surface area contributed by atoms with Gasteiger partial charge in [0, 0.05) is 24.5 Å². The lowest BCUT2D eigenvalue weighted by atomic mass is 10.2. The van der Waals surface area contributed by atoms with E-state index < -0.39 is 17.8 Å². The first-order valence-corrected chi connectivity index (χ1v) is 7.06. The summed E-state index contributed by atoms with van der Waals surface area (Å²) in [6, 6.07) is 7.31. The van der Waals surface area contributed by atoms with Crippen LogP contribution in [0.5, 0.6) is 0 Å². The predicted molar refractivity (Wildman–Crippen MR) is 79.3 cm³/mol. The molecule has 3 N–H and O–H groups in total. The molecule has 1 aliphatic rings. The summed E-state index contributed by atoms with van der Waals surface area (Å²) in [7, 11) is 0. The van der Waals surface area contributed by atoms with Gasteiger partial charge < -0.3 is 20.4 Å². The SMILES string of the molecule is CCN(CCO)c1ccc(NC(=O)[C@@H]2C[C@@H]2C(=O)O)cc1. The number of likely N-dealkylation sites (N-methyl/N-ethyl adjacent to an activating group) is 1. The van der Waals surface area contributed by atoms with Crippen molar-refractivity contribution in [2.24, 2.45) is 11.8 Å². The van der Waals surface area contributed by atoms with Gasteiger partial charge in [0.2, 0.25) is 5.91 Å². The van der Waals surface area contributed by atoms with Gasteiger partial charge in [-0.3, -0.25) is 9.59 Å². The molecule has 0 heterocycles. The molecule has 0 spiro atoms. The Balaban J connectivity index is 1.93. The largest absolute Gasteiger partial charge is 0.481 e. The lowest BCUT2D eigenvalue weighted by molar-refractivity contribution is -0.139. The fourth-order valence-electron chi connectivity index (χ4n) is 2.34. The van der Waals surface area contributed by atoms with Crippen molar-refractivity contribution in [3.63, 3.8) is 0 Å². The number of aliphatic carboxylic acids is 1. The first-order valence-electron chi connectivity index (χ1n) is 7.06. The number of aliphatic hydroxyl groups excluding tert-OH is 1. The summed E-state index contributed by atoms with van der Waals surface area (Å²) >= 11 is 0. The van der Waals surface area contributed by atoms with Crippen LogP contribution in [0.4, 0.5) is 11.4 Å². The topological polar surface area (TPSA) is 89.9 Å². The maximum absolute atomic E-state index is 11.8. The van der Waals surface area contributed by atoms with Gasteiger partial charge in [-0.2, -0.15) is 0 Å². The highest BCUT2D eigenvalue weighted by Crippen LogP contribution is 2.39. The number of nitrogens with one attached hydrogen (secondary N) is 1. The minimum atomic E-state index is -0.909. The van der Waals surface area contributed by atoms with Crippen molar-refractivity contribution in [3.05, 3.63) is 24.3 Å². The first kappa shape index (κ1) is 15.3. The lowest BCUT2D eigenvalue weighted by Gasteiger charge is -2.22. The van der Waals surface area contributed by atoms with E-state index >= 15 is 0 Å². The maximum Gasteiger partial charge on any atom is 0.307 e. The summed E-state index contributed by atoms with van der Waals surface area (Å²) < 4.78 is 0. The van der Waals surface area contributed by atoms with Gasteiger partial charge in [0.15, 0.2) is 0 Å². The van der Waals surface area contributed by atoms with Crippen LogP contribution in [0.1, 0.15) is 13.3 Å². The summed E-state index contributed by atoms with van der Waals surface area (Å²) in [4.78, 5) is 24.6. The van der Waals surface area contributed by atoms with E-state index in [1.807, 2.05) is 24.0 Å². The highest BCUT2D eigenvalue weighted by atomic mass is 16.4. The van der Waals surface area contributed by atoms with E-state index in [1.165, 1.54) is 0 Å². The Morgan fingerprint density at radius 1 is 1.29 bits per heavy atom. The summed E-state index contributed by atoms with van der Waals surface area (Å²) in [5.74, 6) is -2.10. The number of rotatable bonds is 7. The second-order valence-corrected chi connectivity index (χ2v) is 5.13. The van der Waals surface area contributed by atoms with Crippen LogP contribution in [0.15, 0.2) is 24.3 Å². The monoisotopic (exact) mass is 292 g/mol. The number of hydrogen-bond acceptors (Lipinski definition) is 4. The lowest BCUT2D eigenvalue weighted by Crippen LogP contribution is -2.26. The molecule has 2 atom stereocenters. The molecule has 1 aromatic rings. The molecule has 1 aromatic carbocycles. The second-order valence-electron chi connectivity index (χ2n) is 5.13. The number of anilines is 2. The minimum absolute atomic E-state index is 0.0879. The van der Waals surface area contributed by atoms with Crippen LogP contribution in [0.3, 0.4) is 0 Å². The number of carbonyl (C=O) groups is 2. The number of hydrogen-bond donors (Lipinski definition) is 3. The number of carbonyl (C=O) groups excluding carboxylic acids is 1. The van der Waals surface area contributed by atoms with Crippen LogP contribution in [0, 0.1) is 11.8 Å². The van der Waals surface area contributed by atoms with E-state index in [0.717, 1.165) is 12.2 Å². The van der Waals surface area contributed by atoms with Crippen LogP contribution < -0.4 is 10.2 Å². The third-order valence-corrected chi connectivity index (χ3v) is 3.70. The number of carboxylic acids is 1. The number of benzene rings is 1. The molecule has 0 bridgehead atoms. The molecule has 1 fully saturated rings. The first-order chi connectivity index (χ1) is 10.1. The molecule has 6 nitrogen and oxygen atoms in total. The molecule has 0 aromatic heterocycles. The number of nitrogens with zero attached hydrogens (tertiary/aromatic N) is 1. The fourth-order valence-corrected chi connectivity index (χ4v) is 2.34. The van der Waals surface area contributed by atoms with E-state index in [9.17, 15) is 9.59 Å². The Bertz CT molecular complexity index is 515. The second kappa shape index (κ2) is 6.58. The van der Waals surface area contributed by atoms with E-state index in [1.54, 1.807) is 12.1 Å². The van der Waals surface area contributed by atoms with Gasteiger partial charge >= 0.3 is 5.97 Å². The number of amides is 1. The summed E-state index contributed by atoms with van der Waals surface area (Å²) in [5, 5.41) is 20.5. The Morgan fingerprint density at radius 2 is 1.95 bits per heavy atom. The molecule has 21 heavy (non-hydrogen) atoms. The zero-order valence-electron chi connectivity index (χ0n) is 12.0. The number of aliphatic hydroxyl groups is 1. The van der Waals surface area contributed by atoms with Gasteiger partial charge in [-0.05, 0) is 37.6 Å². The van der Waals surface area contributed by atoms with Crippen LogP contribution in [0.25, 0.3) is 0 Å². The van der Waals surface area contributed by atoms with Gasteiger partial charge in [0.25, 0.3) is 0 Å². The Morgan fingerprint density at radius 3 is 2.43 bits per heavy atom. The van der Waals surface area contributed by atoms with Gasteiger partial charge in [0.1, 0.15) is 0 Å². The fraction of sp³-hybridized carbons (Fsp3) is 0.467. The van der Waals surface area contributed by atoms with Crippen molar-refractivity contribution in [2.75, 3.05) is 29.9 Å². The summed E-state index contributed by atoms with van der Waals surface area (Å²) in [6.07, 6.45) is 0.416. The zero-order chi connectivity index (χ0) is 15.4. The van der Waals surface area contributed by atoms with Crippen LogP contribution in [-0.4, -0.2) is 41.8 Å². The van der Waals surface area contributed by atoms with Crippen molar-refractivity contribution in [1.29, 1.82) is 0 Å². The normalized spacial score (nSPS) is 19.9. The van der Waals surface area contributed by atoms with Gasteiger partial charge in [0.05, 0.1) is 18.4 Å². The molecule has 114 valence electrons. The molecule has 0 unspecified atom stereocenters. The van der Waals surface area contributed by atoms with Gasteiger partial charge in [-0.25, -0.2) is 0 Å². The molecule has 0 saturated heterocycles. The molecule has 1 saturated carbocycles. The molecule has 0 radical (unpaired) electrons. The average molecular weight is 292 g/mol. The minimum Gasteiger partial charge on any atom is -0.481 e. The van der Waals surface area contributed by atoms with E-state index in [-0.39, 0.29) is 12.5 Å². The number of carboxylic acid groups (broad SMARTS) is 1. The van der Waals surface area contributed by atoms with Crippen LogP contribution in [0.2, 0.25) is 0 Å². The van der Waals surface area contributed by atoms with Crippen molar-refractivity contribution < 1.29 is 19.8 Å². The highest BCUT2D eigenvalue weighted by molar-refractivity contribution is 5.98. The van der Waals surface area contributed by atoms with Crippen molar-refractivity contribution in [2.45, 2.75) is 13.3 Å². The summed E-state index contributed by atoms with van der Waals surface area (Å²) in [5.41, 5.74) is 1.62. The maximum atomic E-state index is 11.8. The highest BCUT2D eigenvalue weighted by Gasteiger charge is 2.48. The van der Waals surface area contributed by atoms with Gasteiger partial charge in [-0.1, -0.05) is 0 Å². The smallest absolute Gasteiger partial charge is 0.307 e. The molecule has 6 heteroatoms. The molecular formula is C15H20N2O4. The predicted octanol–water partition coefficient (Wildman–Crippen LogP) is 1.16.